The van der Waals surface area contributed by atoms with Gasteiger partial charge in [0.05, 0.1) is 0 Å². The summed E-state index contributed by atoms with van der Waals surface area (Å²) < 4.78 is 106. The van der Waals surface area contributed by atoms with Crippen molar-refractivity contribution in [3.63, 3.8) is 0 Å². The minimum Gasteiger partial charge on any atom is -0.458 e. The smallest absolute Gasteiger partial charge is 0.381 e. The van der Waals surface area contributed by atoms with Crippen molar-refractivity contribution in [3.8, 4) is 0 Å². The third-order valence-electron chi connectivity index (χ3n) is 3.51. The van der Waals surface area contributed by atoms with Crippen LogP contribution in [0.4, 0.5) is 35.1 Å². The van der Waals surface area contributed by atoms with E-state index in [1.54, 1.807) is 0 Å². The van der Waals surface area contributed by atoms with Gasteiger partial charge in [-0.1, -0.05) is 13.8 Å². The van der Waals surface area contributed by atoms with Crippen molar-refractivity contribution in [2.45, 2.75) is 50.9 Å². The largest absolute Gasteiger partial charge is 0.458 e. The number of carbonyl (C=O) groups excluding carboxylic acids is 2. The molecule has 0 amide bonds. The van der Waals surface area contributed by atoms with Crippen molar-refractivity contribution in [2.75, 3.05) is 6.61 Å². The molecule has 24 heavy (non-hydrogen) atoms. The Morgan fingerprint density at radius 2 is 1.42 bits per heavy atom. The molecule has 0 fully saturated rings. The van der Waals surface area contributed by atoms with Gasteiger partial charge in [0.2, 0.25) is 5.24 Å². The van der Waals surface area contributed by atoms with Gasteiger partial charge in [-0.25, -0.2) is 8.78 Å². The lowest BCUT2D eigenvalue weighted by Crippen LogP contribution is -2.59. The summed E-state index contributed by atoms with van der Waals surface area (Å²) in [6.07, 6.45) is -5.77. The number of alkyl halides is 8. The highest BCUT2D eigenvalue weighted by Crippen LogP contribution is 2.48. The third-order valence-corrected chi connectivity index (χ3v) is 3.87. The number of ether oxygens (including phenoxy) is 1. The Labute approximate surface area is 136 Å². The summed E-state index contributed by atoms with van der Waals surface area (Å²) >= 11 is 5.16. The van der Waals surface area contributed by atoms with Gasteiger partial charge in [-0.15, -0.1) is 0 Å². The minimum absolute atomic E-state index is 0.347. The van der Waals surface area contributed by atoms with Crippen molar-refractivity contribution < 1.29 is 49.4 Å². The van der Waals surface area contributed by atoms with Crippen LogP contribution in [0.3, 0.4) is 0 Å². The fourth-order valence-corrected chi connectivity index (χ4v) is 2.01. The zero-order valence-corrected chi connectivity index (χ0v) is 13.1. The third kappa shape index (κ3) is 3.75. The van der Waals surface area contributed by atoms with E-state index in [-0.39, 0.29) is 12.8 Å². The summed E-state index contributed by atoms with van der Waals surface area (Å²) in [5.74, 6) is -20.4. The summed E-state index contributed by atoms with van der Waals surface area (Å²) in [7, 11) is 0. The topological polar surface area (TPSA) is 43.4 Å². The van der Waals surface area contributed by atoms with E-state index in [0.717, 1.165) is 0 Å². The summed E-state index contributed by atoms with van der Waals surface area (Å²) in [5.41, 5.74) is -2.14. The summed E-state index contributed by atoms with van der Waals surface area (Å²) in [6, 6.07) is 0. The van der Waals surface area contributed by atoms with Gasteiger partial charge in [0, 0.05) is 0 Å². The van der Waals surface area contributed by atoms with Crippen LogP contribution in [0.15, 0.2) is 0 Å². The van der Waals surface area contributed by atoms with E-state index in [1.165, 1.54) is 13.8 Å². The van der Waals surface area contributed by atoms with Crippen LogP contribution in [0.2, 0.25) is 0 Å². The molecule has 0 radical (unpaired) electrons. The molecular formula is C12H13ClF8O3. The van der Waals surface area contributed by atoms with E-state index in [1.807, 2.05) is 0 Å². The van der Waals surface area contributed by atoms with Crippen molar-refractivity contribution in [3.05, 3.63) is 0 Å². The molecule has 0 aromatic carbocycles. The van der Waals surface area contributed by atoms with Gasteiger partial charge in [-0.05, 0) is 24.4 Å². The Kier molecular flexibility index (Phi) is 7.05. The molecule has 3 nitrogen and oxygen atoms in total. The SMILES string of the molecule is CCC(CC)(C(=O)Cl)C(=O)OCC(F)(F)C(F)(F)C(F)(F)C(F)F. The van der Waals surface area contributed by atoms with Gasteiger partial charge in [0.15, 0.2) is 6.61 Å². The fraction of sp³-hybridized carbons (Fsp3) is 0.833. The predicted octanol–water partition coefficient (Wildman–Crippen LogP) is 4.27. The maximum atomic E-state index is 13.3. The highest BCUT2D eigenvalue weighted by atomic mass is 35.5. The van der Waals surface area contributed by atoms with E-state index in [0.29, 0.717) is 0 Å². The van der Waals surface area contributed by atoms with Crippen LogP contribution in [0, 0.1) is 5.41 Å². The average molecular weight is 393 g/mol. The quantitative estimate of drug-likeness (QED) is 0.255. The molecule has 0 unspecified atom stereocenters. The molecule has 0 heterocycles. The molecule has 0 spiro atoms. The fourth-order valence-electron chi connectivity index (χ4n) is 1.66. The van der Waals surface area contributed by atoms with E-state index < -0.39 is 47.4 Å². The van der Waals surface area contributed by atoms with E-state index in [9.17, 15) is 44.7 Å². The molecule has 0 aromatic heterocycles. The van der Waals surface area contributed by atoms with Gasteiger partial charge in [0.25, 0.3) is 0 Å². The van der Waals surface area contributed by atoms with Crippen LogP contribution < -0.4 is 0 Å². The zero-order valence-electron chi connectivity index (χ0n) is 12.3. The highest BCUT2D eigenvalue weighted by Gasteiger charge is 2.75. The van der Waals surface area contributed by atoms with Gasteiger partial charge >= 0.3 is 30.2 Å². The number of carbonyl (C=O) groups is 2. The van der Waals surface area contributed by atoms with Crippen LogP contribution >= 0.6 is 11.6 Å². The molecule has 0 N–H and O–H groups in total. The molecule has 142 valence electrons. The first-order valence-corrected chi connectivity index (χ1v) is 6.80. The summed E-state index contributed by atoms with van der Waals surface area (Å²) in [5, 5.41) is -1.33. The molecule has 0 aliphatic heterocycles. The molecule has 0 aliphatic carbocycles. The van der Waals surface area contributed by atoms with E-state index in [4.69, 9.17) is 11.6 Å². The minimum atomic E-state index is -6.50. The summed E-state index contributed by atoms with van der Waals surface area (Å²) in [6.45, 7) is -0.154. The molecule has 0 saturated carbocycles. The molecule has 0 rings (SSSR count). The van der Waals surface area contributed by atoms with E-state index >= 15 is 0 Å². The molecule has 0 aliphatic rings. The van der Waals surface area contributed by atoms with Gasteiger partial charge < -0.3 is 4.74 Å². The van der Waals surface area contributed by atoms with Gasteiger partial charge in [0.1, 0.15) is 5.41 Å². The maximum absolute atomic E-state index is 13.3. The molecule has 0 bridgehead atoms. The van der Waals surface area contributed by atoms with Crippen molar-refractivity contribution >= 4 is 22.8 Å². The van der Waals surface area contributed by atoms with Crippen molar-refractivity contribution in [1.82, 2.24) is 0 Å². The molecule has 12 heteroatoms. The van der Waals surface area contributed by atoms with Crippen LogP contribution in [-0.4, -0.2) is 42.0 Å². The van der Waals surface area contributed by atoms with E-state index in [2.05, 4.69) is 4.74 Å². The molecular weight excluding hydrogens is 380 g/mol. The maximum Gasteiger partial charge on any atom is 0.381 e. The number of esters is 1. The Morgan fingerprint density at radius 3 is 1.71 bits per heavy atom. The lowest BCUT2D eigenvalue weighted by atomic mass is 9.84. The number of hydrogen-bond donors (Lipinski definition) is 0. The number of halogens is 9. The molecule has 0 saturated heterocycles. The van der Waals surface area contributed by atoms with Crippen LogP contribution in [0.5, 0.6) is 0 Å². The first-order valence-electron chi connectivity index (χ1n) is 6.42. The first kappa shape index (κ1) is 22.9. The molecule has 0 atom stereocenters. The highest BCUT2D eigenvalue weighted by molar-refractivity contribution is 6.66. The second-order valence-corrected chi connectivity index (χ2v) is 5.18. The first-order chi connectivity index (χ1) is 10.6. The monoisotopic (exact) mass is 392 g/mol. The summed E-state index contributed by atoms with van der Waals surface area (Å²) in [4.78, 5) is 22.9. The lowest BCUT2D eigenvalue weighted by molar-refractivity contribution is -0.344. The Hall–Kier alpha value is -1.13. The normalized spacial score (nSPS) is 14.0. The van der Waals surface area contributed by atoms with Crippen LogP contribution in [-0.2, 0) is 14.3 Å². The standard InChI is InChI=1S/C12H13ClF8O3/c1-3-9(4-2,6(13)22)8(23)24-5-10(16,17)12(20,21)11(18,19)7(14)15/h7H,3-5H2,1-2H3. The van der Waals surface area contributed by atoms with Crippen molar-refractivity contribution in [1.29, 1.82) is 0 Å². The van der Waals surface area contributed by atoms with Crippen LogP contribution in [0.1, 0.15) is 26.7 Å². The second kappa shape index (κ2) is 7.40. The predicted molar refractivity (Wildman–Crippen MR) is 65.7 cm³/mol. The van der Waals surface area contributed by atoms with Gasteiger partial charge in [-0.2, -0.15) is 26.3 Å². The van der Waals surface area contributed by atoms with Gasteiger partial charge in [-0.3, -0.25) is 9.59 Å². The van der Waals surface area contributed by atoms with Crippen LogP contribution in [0.25, 0.3) is 0 Å². The van der Waals surface area contributed by atoms with Crippen molar-refractivity contribution in [2.24, 2.45) is 5.41 Å². The number of hydrogen-bond acceptors (Lipinski definition) is 3. The Bertz CT molecular complexity index is 477. The second-order valence-electron chi connectivity index (χ2n) is 4.84. The number of rotatable bonds is 9. The lowest BCUT2D eigenvalue weighted by Gasteiger charge is -2.32. The average Bonchev–Trinajstić information content (AvgIpc) is 2.46. The zero-order chi connectivity index (χ0) is 19.6. The Balaban J connectivity index is 5.40. The Morgan fingerprint density at radius 1 is 1.00 bits per heavy atom. The molecule has 0 aromatic rings.